The summed E-state index contributed by atoms with van der Waals surface area (Å²) in [5, 5.41) is 4.72. The third-order valence-corrected chi connectivity index (χ3v) is 4.03. The molecule has 108 valence electrons. The monoisotopic (exact) mass is 303 g/mol. The number of rotatable bonds is 4. The predicted molar refractivity (Wildman–Crippen MR) is 80.9 cm³/mol. The number of aromatic nitrogens is 2. The number of likely N-dealkylation sites (N-methyl/N-ethyl adjacent to an activating group) is 1. The first-order valence-electron chi connectivity index (χ1n) is 6.65. The molecule has 21 heavy (non-hydrogen) atoms. The summed E-state index contributed by atoms with van der Waals surface area (Å²) in [6.07, 6.45) is 2.21. The predicted octanol–water partition coefficient (Wildman–Crippen LogP) is 2.88. The van der Waals surface area contributed by atoms with Crippen molar-refractivity contribution in [3.8, 4) is 11.3 Å². The molecule has 0 spiro atoms. The Morgan fingerprint density at radius 1 is 1.38 bits per heavy atom. The summed E-state index contributed by atoms with van der Waals surface area (Å²) in [5.41, 5.74) is 2.54. The molecule has 0 atom stereocenters. The van der Waals surface area contributed by atoms with Crippen LogP contribution in [0.25, 0.3) is 16.2 Å². The number of thiazole rings is 1. The lowest BCUT2D eigenvalue weighted by atomic mass is 10.2. The lowest BCUT2D eigenvalue weighted by Crippen LogP contribution is -2.24. The maximum atomic E-state index is 13.0. The first-order chi connectivity index (χ1) is 10.2. The second-order valence-electron chi connectivity index (χ2n) is 4.64. The van der Waals surface area contributed by atoms with Gasteiger partial charge in [0.25, 0.3) is 0 Å². The molecule has 2 aromatic heterocycles. The highest BCUT2D eigenvalue weighted by atomic mass is 32.1. The summed E-state index contributed by atoms with van der Waals surface area (Å²) >= 11 is 1.49. The van der Waals surface area contributed by atoms with E-state index in [1.165, 1.54) is 23.5 Å². The topological polar surface area (TPSA) is 46.4 Å². The van der Waals surface area contributed by atoms with Gasteiger partial charge in [-0.3, -0.25) is 9.20 Å². The van der Waals surface area contributed by atoms with Gasteiger partial charge in [-0.15, -0.1) is 11.3 Å². The SMILES string of the molecule is CCNC(=O)Cc1csc2nc(-c3ccc(F)cc3)cn12. The molecule has 0 aliphatic rings. The van der Waals surface area contributed by atoms with Crippen molar-refractivity contribution in [1.29, 1.82) is 0 Å². The van der Waals surface area contributed by atoms with E-state index in [0.29, 0.717) is 13.0 Å². The van der Waals surface area contributed by atoms with E-state index >= 15 is 0 Å². The standard InChI is InChI=1S/C15H14FN3OS/c1-2-17-14(20)7-12-9-21-15-18-13(8-19(12)15)10-3-5-11(16)6-4-10/h3-6,8-9H,2,7H2,1H3,(H,17,20). The van der Waals surface area contributed by atoms with E-state index in [4.69, 9.17) is 0 Å². The average molecular weight is 303 g/mol. The molecule has 1 N–H and O–H groups in total. The van der Waals surface area contributed by atoms with Crippen molar-refractivity contribution in [2.24, 2.45) is 0 Å². The summed E-state index contributed by atoms with van der Waals surface area (Å²) in [6, 6.07) is 6.23. The van der Waals surface area contributed by atoms with E-state index in [1.807, 2.05) is 22.9 Å². The fraction of sp³-hybridized carbons (Fsp3) is 0.200. The average Bonchev–Trinajstić information content (AvgIpc) is 3.02. The third kappa shape index (κ3) is 2.80. The van der Waals surface area contributed by atoms with Gasteiger partial charge in [0, 0.05) is 29.4 Å². The molecule has 0 radical (unpaired) electrons. The smallest absolute Gasteiger partial charge is 0.225 e. The molecule has 0 unspecified atom stereocenters. The van der Waals surface area contributed by atoms with Crippen LogP contribution in [0.1, 0.15) is 12.6 Å². The minimum atomic E-state index is -0.267. The number of hydrogen-bond acceptors (Lipinski definition) is 3. The van der Waals surface area contributed by atoms with Gasteiger partial charge in [0.15, 0.2) is 4.96 Å². The van der Waals surface area contributed by atoms with E-state index in [-0.39, 0.29) is 11.7 Å². The minimum absolute atomic E-state index is 0.00534. The highest BCUT2D eigenvalue weighted by Crippen LogP contribution is 2.24. The molecule has 1 aromatic carbocycles. The first-order valence-corrected chi connectivity index (χ1v) is 7.53. The van der Waals surface area contributed by atoms with Gasteiger partial charge in [-0.05, 0) is 31.2 Å². The van der Waals surface area contributed by atoms with Crippen LogP contribution in [-0.4, -0.2) is 21.8 Å². The van der Waals surface area contributed by atoms with Gasteiger partial charge in [-0.1, -0.05) is 0 Å². The molecule has 0 saturated carbocycles. The molecule has 1 amide bonds. The molecule has 0 aliphatic carbocycles. The normalized spacial score (nSPS) is 11.0. The highest BCUT2D eigenvalue weighted by molar-refractivity contribution is 7.15. The molecule has 0 saturated heterocycles. The summed E-state index contributed by atoms with van der Waals surface area (Å²) in [5.74, 6) is -0.272. The van der Waals surface area contributed by atoms with Gasteiger partial charge in [0.1, 0.15) is 5.82 Å². The molecule has 0 aliphatic heterocycles. The van der Waals surface area contributed by atoms with Gasteiger partial charge >= 0.3 is 0 Å². The molecule has 0 bridgehead atoms. The van der Waals surface area contributed by atoms with Gasteiger partial charge in [0.2, 0.25) is 5.91 Å². The van der Waals surface area contributed by atoms with Crippen molar-refractivity contribution in [2.45, 2.75) is 13.3 Å². The Morgan fingerprint density at radius 2 is 2.14 bits per heavy atom. The van der Waals surface area contributed by atoms with E-state index in [2.05, 4.69) is 10.3 Å². The lowest BCUT2D eigenvalue weighted by molar-refractivity contribution is -0.120. The van der Waals surface area contributed by atoms with Crippen LogP contribution in [0.5, 0.6) is 0 Å². The van der Waals surface area contributed by atoms with Crippen LogP contribution in [0, 0.1) is 5.82 Å². The molecular formula is C15H14FN3OS. The van der Waals surface area contributed by atoms with E-state index in [9.17, 15) is 9.18 Å². The number of carbonyl (C=O) groups excluding carboxylic acids is 1. The van der Waals surface area contributed by atoms with Crippen molar-refractivity contribution >= 4 is 22.2 Å². The fourth-order valence-electron chi connectivity index (χ4n) is 2.14. The van der Waals surface area contributed by atoms with Crippen LogP contribution in [0.3, 0.4) is 0 Å². The van der Waals surface area contributed by atoms with Crippen LogP contribution in [0.2, 0.25) is 0 Å². The molecule has 2 heterocycles. The maximum Gasteiger partial charge on any atom is 0.225 e. The van der Waals surface area contributed by atoms with Crippen LogP contribution in [0.4, 0.5) is 4.39 Å². The zero-order chi connectivity index (χ0) is 14.8. The molecule has 6 heteroatoms. The number of amides is 1. The summed E-state index contributed by atoms with van der Waals surface area (Å²) in [6.45, 7) is 2.52. The molecule has 3 aromatic rings. The molecule has 3 rings (SSSR count). The van der Waals surface area contributed by atoms with Crippen LogP contribution in [0.15, 0.2) is 35.8 Å². The highest BCUT2D eigenvalue weighted by Gasteiger charge is 2.12. The lowest BCUT2D eigenvalue weighted by Gasteiger charge is -2.00. The van der Waals surface area contributed by atoms with Crippen molar-refractivity contribution in [3.63, 3.8) is 0 Å². The number of nitrogens with zero attached hydrogens (tertiary/aromatic N) is 2. The molecular weight excluding hydrogens is 289 g/mol. The Morgan fingerprint density at radius 3 is 2.86 bits per heavy atom. The second-order valence-corrected chi connectivity index (χ2v) is 5.48. The largest absolute Gasteiger partial charge is 0.356 e. The van der Waals surface area contributed by atoms with Crippen molar-refractivity contribution in [1.82, 2.24) is 14.7 Å². The Balaban J connectivity index is 1.92. The van der Waals surface area contributed by atoms with Crippen LogP contribution < -0.4 is 5.32 Å². The van der Waals surface area contributed by atoms with Gasteiger partial charge in [0.05, 0.1) is 12.1 Å². The van der Waals surface area contributed by atoms with Crippen molar-refractivity contribution in [3.05, 3.63) is 47.4 Å². The zero-order valence-electron chi connectivity index (χ0n) is 11.5. The Bertz CT molecular complexity index is 776. The molecule has 4 nitrogen and oxygen atoms in total. The number of imidazole rings is 1. The number of benzene rings is 1. The van der Waals surface area contributed by atoms with Crippen molar-refractivity contribution < 1.29 is 9.18 Å². The number of fused-ring (bicyclic) bond motifs is 1. The zero-order valence-corrected chi connectivity index (χ0v) is 12.3. The Hall–Kier alpha value is -2.21. The van der Waals surface area contributed by atoms with E-state index in [0.717, 1.165) is 21.9 Å². The first kappa shape index (κ1) is 13.8. The quantitative estimate of drug-likeness (QED) is 0.805. The number of hydrogen-bond donors (Lipinski definition) is 1. The van der Waals surface area contributed by atoms with Gasteiger partial charge < -0.3 is 5.32 Å². The Labute approximate surface area is 125 Å². The minimum Gasteiger partial charge on any atom is -0.356 e. The van der Waals surface area contributed by atoms with Crippen molar-refractivity contribution in [2.75, 3.05) is 6.54 Å². The summed E-state index contributed by atoms with van der Waals surface area (Å²) in [4.78, 5) is 17.0. The summed E-state index contributed by atoms with van der Waals surface area (Å²) < 4.78 is 14.9. The van der Waals surface area contributed by atoms with E-state index < -0.39 is 0 Å². The van der Waals surface area contributed by atoms with Gasteiger partial charge in [-0.25, -0.2) is 9.37 Å². The second kappa shape index (κ2) is 5.65. The fourth-order valence-corrected chi connectivity index (χ4v) is 3.01. The number of halogens is 1. The van der Waals surface area contributed by atoms with Crippen LogP contribution >= 0.6 is 11.3 Å². The molecule has 0 fully saturated rings. The van der Waals surface area contributed by atoms with Crippen LogP contribution in [-0.2, 0) is 11.2 Å². The number of nitrogens with one attached hydrogen (secondary N) is 1. The maximum absolute atomic E-state index is 13.0. The summed E-state index contributed by atoms with van der Waals surface area (Å²) in [7, 11) is 0. The van der Waals surface area contributed by atoms with Gasteiger partial charge in [-0.2, -0.15) is 0 Å². The Kier molecular flexibility index (Phi) is 3.70. The van der Waals surface area contributed by atoms with E-state index in [1.54, 1.807) is 12.1 Å². The third-order valence-electron chi connectivity index (χ3n) is 3.14. The number of carbonyl (C=O) groups is 1.